The molecule has 126 valence electrons. The monoisotopic (exact) mass is 324 g/mol. The Labute approximate surface area is 143 Å². The summed E-state index contributed by atoms with van der Waals surface area (Å²) in [7, 11) is 0. The zero-order valence-electron chi connectivity index (χ0n) is 14.0. The van der Waals surface area contributed by atoms with Crippen LogP contribution in [0.1, 0.15) is 18.1 Å². The van der Waals surface area contributed by atoms with Gasteiger partial charge >= 0.3 is 0 Å². The van der Waals surface area contributed by atoms with Crippen LogP contribution in [0.2, 0.25) is 0 Å². The number of rotatable bonds is 7. The van der Waals surface area contributed by atoms with Gasteiger partial charge in [-0.15, -0.1) is 0 Å². The third-order valence-electron chi connectivity index (χ3n) is 4.54. The number of amides is 1. The van der Waals surface area contributed by atoms with Gasteiger partial charge in [0.2, 0.25) is 5.91 Å². The topological polar surface area (TPSA) is 50.4 Å². The fraction of sp³-hybridized carbons (Fsp3) is 0.350. The lowest BCUT2D eigenvalue weighted by Gasteiger charge is -2.31. The fourth-order valence-electron chi connectivity index (χ4n) is 2.68. The molecule has 1 unspecified atom stereocenters. The summed E-state index contributed by atoms with van der Waals surface area (Å²) in [6.07, 6.45) is 0. The normalized spacial score (nSPS) is 15.5. The third kappa shape index (κ3) is 4.43. The van der Waals surface area contributed by atoms with Gasteiger partial charge in [0, 0.05) is 11.6 Å². The Morgan fingerprint density at radius 3 is 2.29 bits per heavy atom. The Kier molecular flexibility index (Phi) is 5.62. The smallest absolute Gasteiger partial charge is 0.227 e. The van der Waals surface area contributed by atoms with Crippen LogP contribution in [0, 0.1) is 11.8 Å². The highest BCUT2D eigenvalue weighted by Crippen LogP contribution is 2.19. The first-order valence-electron chi connectivity index (χ1n) is 8.44. The summed E-state index contributed by atoms with van der Waals surface area (Å²) in [5.41, 5.74) is 3.10. The second-order valence-electron chi connectivity index (χ2n) is 6.37. The maximum Gasteiger partial charge on any atom is 0.227 e. The van der Waals surface area contributed by atoms with Crippen LogP contribution in [-0.4, -0.2) is 19.0 Å². The largest absolute Gasteiger partial charge is 0.372 e. The number of hydrogen-bond donors (Lipinski definition) is 2. The predicted molar refractivity (Wildman–Crippen MR) is 95.5 cm³/mol. The Bertz CT molecular complexity index is 651. The van der Waals surface area contributed by atoms with Crippen molar-refractivity contribution in [2.45, 2.75) is 20.1 Å². The molecule has 0 radical (unpaired) electrons. The molecule has 1 saturated heterocycles. The van der Waals surface area contributed by atoms with Gasteiger partial charge in [0.1, 0.15) is 0 Å². The number of benzene rings is 2. The lowest BCUT2D eigenvalue weighted by molar-refractivity contribution is -0.121. The molecule has 0 saturated carbocycles. The van der Waals surface area contributed by atoms with Crippen molar-refractivity contribution in [3.05, 3.63) is 65.7 Å². The predicted octanol–water partition coefficient (Wildman–Crippen LogP) is 3.20. The van der Waals surface area contributed by atoms with E-state index in [0.717, 1.165) is 24.3 Å². The maximum atomic E-state index is 12.2. The van der Waals surface area contributed by atoms with Crippen molar-refractivity contribution in [3.8, 4) is 0 Å². The van der Waals surface area contributed by atoms with Crippen LogP contribution in [0.4, 0.5) is 5.69 Å². The highest BCUT2D eigenvalue weighted by atomic mass is 16.5. The number of ether oxygens (including phenoxy) is 1. The van der Waals surface area contributed by atoms with E-state index in [4.69, 9.17) is 4.74 Å². The third-order valence-corrected chi connectivity index (χ3v) is 4.54. The first kappa shape index (κ1) is 16.7. The number of anilines is 1. The molecule has 4 heteroatoms. The molecule has 0 bridgehead atoms. The minimum Gasteiger partial charge on any atom is -0.372 e. The molecule has 1 heterocycles. The van der Waals surface area contributed by atoms with Gasteiger partial charge in [0.25, 0.3) is 0 Å². The van der Waals surface area contributed by atoms with Gasteiger partial charge in [0.05, 0.1) is 13.2 Å². The molecule has 1 fully saturated rings. The Morgan fingerprint density at radius 1 is 1.08 bits per heavy atom. The van der Waals surface area contributed by atoms with Gasteiger partial charge in [-0.2, -0.15) is 0 Å². The second-order valence-corrected chi connectivity index (χ2v) is 6.37. The molecule has 0 aromatic heterocycles. The second kappa shape index (κ2) is 8.08. The van der Waals surface area contributed by atoms with E-state index in [2.05, 4.69) is 22.8 Å². The lowest BCUT2D eigenvalue weighted by Crippen LogP contribution is -2.48. The Hall–Kier alpha value is -2.17. The van der Waals surface area contributed by atoms with E-state index in [0.29, 0.717) is 19.1 Å². The molecule has 4 nitrogen and oxygen atoms in total. The van der Waals surface area contributed by atoms with Crippen LogP contribution >= 0.6 is 0 Å². The summed E-state index contributed by atoms with van der Waals surface area (Å²) in [5, 5.41) is 6.20. The van der Waals surface area contributed by atoms with Crippen LogP contribution in [0.5, 0.6) is 0 Å². The van der Waals surface area contributed by atoms with E-state index < -0.39 is 0 Å². The Balaban J connectivity index is 1.45. The van der Waals surface area contributed by atoms with Gasteiger partial charge in [-0.05, 0) is 42.3 Å². The first-order valence-corrected chi connectivity index (χ1v) is 8.44. The Morgan fingerprint density at radius 2 is 1.71 bits per heavy atom. The minimum atomic E-state index is 0.0418. The van der Waals surface area contributed by atoms with Crippen LogP contribution < -0.4 is 10.6 Å². The summed E-state index contributed by atoms with van der Waals surface area (Å²) >= 11 is 0. The minimum absolute atomic E-state index is 0.0418. The van der Waals surface area contributed by atoms with Crippen molar-refractivity contribution >= 4 is 11.6 Å². The highest BCUT2D eigenvalue weighted by molar-refractivity contribution is 5.92. The highest BCUT2D eigenvalue weighted by Gasteiger charge is 2.28. The standard InChI is InChI=1S/C20H24N2O2/c1-15(18-11-21-12-18)20(23)22-19-9-7-17(8-10-19)14-24-13-16-5-3-2-4-6-16/h2-10,15,18,21H,11-14H2,1H3,(H,22,23). The summed E-state index contributed by atoms with van der Waals surface area (Å²) in [6, 6.07) is 18.0. The first-order chi connectivity index (χ1) is 11.7. The van der Waals surface area contributed by atoms with E-state index in [-0.39, 0.29) is 11.8 Å². The molecule has 24 heavy (non-hydrogen) atoms. The quantitative estimate of drug-likeness (QED) is 0.822. The van der Waals surface area contributed by atoms with Gasteiger partial charge in [-0.3, -0.25) is 4.79 Å². The molecule has 1 aliphatic heterocycles. The van der Waals surface area contributed by atoms with Crippen molar-refractivity contribution in [1.82, 2.24) is 5.32 Å². The van der Waals surface area contributed by atoms with Crippen LogP contribution in [0.3, 0.4) is 0 Å². The summed E-state index contributed by atoms with van der Waals surface area (Å²) in [5.74, 6) is 0.588. The number of carbonyl (C=O) groups excluding carboxylic acids is 1. The van der Waals surface area contributed by atoms with Crippen LogP contribution in [0.15, 0.2) is 54.6 Å². The fourth-order valence-corrected chi connectivity index (χ4v) is 2.68. The molecule has 3 rings (SSSR count). The van der Waals surface area contributed by atoms with Crippen molar-refractivity contribution in [3.63, 3.8) is 0 Å². The maximum absolute atomic E-state index is 12.2. The average Bonchev–Trinajstić information content (AvgIpc) is 2.56. The van der Waals surface area contributed by atoms with Gasteiger partial charge < -0.3 is 15.4 Å². The summed E-state index contributed by atoms with van der Waals surface area (Å²) in [4.78, 5) is 12.2. The number of carbonyl (C=O) groups is 1. The van der Waals surface area contributed by atoms with Gasteiger partial charge in [0.15, 0.2) is 0 Å². The molecule has 0 aliphatic carbocycles. The molecule has 1 amide bonds. The van der Waals surface area contributed by atoms with Crippen molar-refractivity contribution < 1.29 is 9.53 Å². The van der Waals surface area contributed by atoms with Crippen LogP contribution in [0.25, 0.3) is 0 Å². The van der Waals surface area contributed by atoms with E-state index in [1.165, 1.54) is 5.56 Å². The van der Waals surface area contributed by atoms with E-state index in [1.54, 1.807) is 0 Å². The zero-order chi connectivity index (χ0) is 16.8. The zero-order valence-corrected chi connectivity index (χ0v) is 14.0. The van der Waals surface area contributed by atoms with Crippen molar-refractivity contribution in [1.29, 1.82) is 0 Å². The molecule has 1 atom stereocenters. The van der Waals surface area contributed by atoms with Crippen LogP contribution in [-0.2, 0) is 22.7 Å². The van der Waals surface area contributed by atoms with Crippen molar-refractivity contribution in [2.24, 2.45) is 11.8 Å². The average molecular weight is 324 g/mol. The number of hydrogen-bond acceptors (Lipinski definition) is 3. The molecule has 2 aromatic rings. The molecule has 0 spiro atoms. The van der Waals surface area contributed by atoms with E-state index in [9.17, 15) is 4.79 Å². The summed E-state index contributed by atoms with van der Waals surface area (Å²) < 4.78 is 5.72. The SMILES string of the molecule is CC(C(=O)Nc1ccc(COCc2ccccc2)cc1)C1CNC1. The number of nitrogens with one attached hydrogen (secondary N) is 2. The molecule has 1 aliphatic rings. The van der Waals surface area contributed by atoms with Gasteiger partial charge in [-0.25, -0.2) is 0 Å². The molecule has 2 aromatic carbocycles. The van der Waals surface area contributed by atoms with E-state index >= 15 is 0 Å². The molecule has 2 N–H and O–H groups in total. The van der Waals surface area contributed by atoms with E-state index in [1.807, 2.05) is 49.4 Å². The van der Waals surface area contributed by atoms with Gasteiger partial charge in [-0.1, -0.05) is 49.4 Å². The molecular formula is C20H24N2O2. The lowest BCUT2D eigenvalue weighted by atomic mass is 9.88. The molecular weight excluding hydrogens is 300 g/mol. The summed E-state index contributed by atoms with van der Waals surface area (Å²) in [6.45, 7) is 5.03. The van der Waals surface area contributed by atoms with Crippen molar-refractivity contribution in [2.75, 3.05) is 18.4 Å².